The molecule has 0 aliphatic carbocycles. The summed E-state index contributed by atoms with van der Waals surface area (Å²) in [7, 11) is 1.77. The Morgan fingerprint density at radius 2 is 1.20 bits per heavy atom. The highest BCUT2D eigenvalue weighted by Crippen LogP contribution is 2.34. The monoisotopic (exact) mass is 629 g/mol. The van der Waals surface area contributed by atoms with Gasteiger partial charge in [0.15, 0.2) is 0 Å². The molecule has 0 atom stereocenters. The molecule has 2 N–H and O–H groups in total. The van der Waals surface area contributed by atoms with E-state index in [1.54, 1.807) is 11.6 Å². The van der Waals surface area contributed by atoms with Crippen molar-refractivity contribution in [2.24, 2.45) is 7.05 Å². The van der Waals surface area contributed by atoms with E-state index in [4.69, 9.17) is 11.6 Å². The molecule has 0 saturated heterocycles. The van der Waals surface area contributed by atoms with E-state index in [0.29, 0.717) is 23.4 Å². The summed E-state index contributed by atoms with van der Waals surface area (Å²) >= 11 is 6.31. The first kappa shape index (κ1) is 31.1. The van der Waals surface area contributed by atoms with Crippen LogP contribution in [0.4, 0.5) is 11.4 Å². The SMILES string of the molecule is Cc1cc(-c2cc3c(cc2Cc2ccccc2)CCC(=O)N3)cn(C)c1=O.O=C1CCc2cc(Cc3ccccc3)c(Cl)cc2N1. The van der Waals surface area contributed by atoms with Crippen LogP contribution in [0.3, 0.4) is 0 Å². The fraction of sp³-hybridized carbons (Fsp3) is 0.205. The van der Waals surface area contributed by atoms with E-state index in [1.807, 2.05) is 61.7 Å². The summed E-state index contributed by atoms with van der Waals surface area (Å²) in [5.74, 6) is 0.125. The van der Waals surface area contributed by atoms with Gasteiger partial charge >= 0.3 is 0 Å². The largest absolute Gasteiger partial charge is 0.326 e. The van der Waals surface area contributed by atoms with E-state index in [-0.39, 0.29) is 17.4 Å². The van der Waals surface area contributed by atoms with E-state index in [9.17, 15) is 14.4 Å². The lowest BCUT2D eigenvalue weighted by atomic mass is 9.90. The lowest BCUT2D eigenvalue weighted by Crippen LogP contribution is -2.20. The highest BCUT2D eigenvalue weighted by Gasteiger charge is 2.20. The molecule has 2 aliphatic heterocycles. The van der Waals surface area contributed by atoms with Gasteiger partial charge < -0.3 is 15.2 Å². The molecule has 3 heterocycles. The predicted molar refractivity (Wildman–Crippen MR) is 186 cm³/mol. The maximum absolute atomic E-state index is 12.1. The molecular formula is C39H36ClN3O3. The maximum Gasteiger partial charge on any atom is 0.253 e. The fourth-order valence-electron chi connectivity index (χ4n) is 6.14. The average Bonchev–Trinajstić information content (AvgIpc) is 3.05. The fourth-order valence-corrected chi connectivity index (χ4v) is 6.37. The van der Waals surface area contributed by atoms with Gasteiger partial charge in [0.1, 0.15) is 0 Å². The molecule has 0 saturated carbocycles. The number of carbonyl (C=O) groups is 2. The highest BCUT2D eigenvalue weighted by atomic mass is 35.5. The third kappa shape index (κ3) is 7.13. The van der Waals surface area contributed by atoms with E-state index >= 15 is 0 Å². The number of benzene rings is 4. The molecule has 232 valence electrons. The van der Waals surface area contributed by atoms with Crippen LogP contribution in [0.2, 0.25) is 5.02 Å². The zero-order chi connectivity index (χ0) is 32.2. The van der Waals surface area contributed by atoms with Gasteiger partial charge in [-0.25, -0.2) is 0 Å². The van der Waals surface area contributed by atoms with E-state index in [1.165, 1.54) is 27.8 Å². The Balaban J connectivity index is 0.000000172. The lowest BCUT2D eigenvalue weighted by molar-refractivity contribution is -0.117. The number of carbonyl (C=O) groups excluding carboxylic acids is 2. The smallest absolute Gasteiger partial charge is 0.253 e. The molecular weight excluding hydrogens is 594 g/mol. The first-order valence-electron chi connectivity index (χ1n) is 15.6. The van der Waals surface area contributed by atoms with Crippen LogP contribution in [0.5, 0.6) is 0 Å². The summed E-state index contributed by atoms with van der Waals surface area (Å²) in [6.07, 6.45) is 6.13. The topological polar surface area (TPSA) is 80.2 Å². The second kappa shape index (κ2) is 13.6. The van der Waals surface area contributed by atoms with E-state index < -0.39 is 0 Å². The number of anilines is 2. The Bertz CT molecular complexity index is 1960. The van der Waals surface area contributed by atoms with Crippen LogP contribution in [0.1, 0.15) is 51.8 Å². The zero-order valence-electron chi connectivity index (χ0n) is 26.0. The first-order chi connectivity index (χ1) is 22.2. The molecule has 4 aromatic carbocycles. The van der Waals surface area contributed by atoms with Gasteiger partial charge in [0.2, 0.25) is 11.8 Å². The van der Waals surface area contributed by atoms with Crippen LogP contribution >= 0.6 is 11.6 Å². The van der Waals surface area contributed by atoms with Gasteiger partial charge in [-0.3, -0.25) is 14.4 Å². The molecule has 2 amide bonds. The molecule has 0 bridgehead atoms. The minimum absolute atomic E-state index is 0.00891. The zero-order valence-corrected chi connectivity index (χ0v) is 26.8. The van der Waals surface area contributed by atoms with Crippen LogP contribution in [0.25, 0.3) is 11.1 Å². The number of aromatic nitrogens is 1. The van der Waals surface area contributed by atoms with Crippen molar-refractivity contribution in [1.82, 2.24) is 4.57 Å². The van der Waals surface area contributed by atoms with Gasteiger partial charge in [-0.05, 0) is 95.3 Å². The van der Waals surface area contributed by atoms with Crippen molar-refractivity contribution in [1.29, 1.82) is 0 Å². The average molecular weight is 630 g/mol. The van der Waals surface area contributed by atoms with Gasteiger partial charge in [0.25, 0.3) is 5.56 Å². The molecule has 0 radical (unpaired) electrons. The minimum atomic E-state index is 0.00891. The number of aryl methyl sites for hydroxylation is 4. The molecule has 0 fully saturated rings. The summed E-state index contributed by atoms with van der Waals surface area (Å²) in [6.45, 7) is 1.84. The Morgan fingerprint density at radius 1 is 0.674 bits per heavy atom. The Morgan fingerprint density at radius 3 is 1.76 bits per heavy atom. The second-order valence-electron chi connectivity index (χ2n) is 12.0. The maximum atomic E-state index is 12.1. The quantitative estimate of drug-likeness (QED) is 0.210. The van der Waals surface area contributed by atoms with Crippen molar-refractivity contribution in [2.75, 3.05) is 10.6 Å². The van der Waals surface area contributed by atoms with Gasteiger partial charge in [0.05, 0.1) is 0 Å². The van der Waals surface area contributed by atoms with Gasteiger partial charge in [-0.15, -0.1) is 0 Å². The number of nitrogens with zero attached hydrogens (tertiary/aromatic N) is 1. The number of amides is 2. The van der Waals surface area contributed by atoms with Crippen molar-refractivity contribution in [3.63, 3.8) is 0 Å². The Labute approximate surface area is 274 Å². The van der Waals surface area contributed by atoms with Crippen LogP contribution in [0, 0.1) is 6.92 Å². The molecule has 0 spiro atoms. The number of nitrogens with one attached hydrogen (secondary N) is 2. The Kier molecular flexibility index (Phi) is 9.18. The van der Waals surface area contributed by atoms with Gasteiger partial charge in [-0.2, -0.15) is 0 Å². The highest BCUT2D eigenvalue weighted by molar-refractivity contribution is 6.31. The summed E-state index contributed by atoms with van der Waals surface area (Å²) in [5, 5.41) is 6.58. The van der Waals surface area contributed by atoms with Crippen molar-refractivity contribution in [3.8, 4) is 11.1 Å². The van der Waals surface area contributed by atoms with Crippen molar-refractivity contribution in [3.05, 3.63) is 152 Å². The lowest BCUT2D eigenvalue weighted by Gasteiger charge is -2.21. The molecule has 6 nitrogen and oxygen atoms in total. The summed E-state index contributed by atoms with van der Waals surface area (Å²) < 4.78 is 1.62. The molecule has 2 aliphatic rings. The number of pyridine rings is 1. The number of hydrogen-bond acceptors (Lipinski definition) is 3. The van der Waals surface area contributed by atoms with Crippen molar-refractivity contribution < 1.29 is 9.59 Å². The van der Waals surface area contributed by atoms with Crippen LogP contribution in [-0.2, 0) is 42.3 Å². The molecule has 7 heteroatoms. The van der Waals surface area contributed by atoms with Gasteiger partial charge in [-0.1, -0.05) is 84.4 Å². The van der Waals surface area contributed by atoms with Crippen molar-refractivity contribution in [2.45, 2.75) is 45.4 Å². The van der Waals surface area contributed by atoms with E-state index in [2.05, 4.69) is 53.1 Å². The van der Waals surface area contributed by atoms with Crippen molar-refractivity contribution >= 4 is 34.8 Å². The minimum Gasteiger partial charge on any atom is -0.326 e. The molecule has 1 aromatic heterocycles. The summed E-state index contributed by atoms with van der Waals surface area (Å²) in [5.41, 5.74) is 11.6. The molecule has 5 aromatic rings. The summed E-state index contributed by atoms with van der Waals surface area (Å²) in [4.78, 5) is 35.3. The number of fused-ring (bicyclic) bond motifs is 2. The number of hydrogen-bond donors (Lipinski definition) is 2. The predicted octanol–water partition coefficient (Wildman–Crippen LogP) is 7.65. The second-order valence-corrected chi connectivity index (χ2v) is 12.4. The first-order valence-corrected chi connectivity index (χ1v) is 15.9. The summed E-state index contributed by atoms with van der Waals surface area (Å²) in [6, 6.07) is 30.8. The number of rotatable bonds is 5. The van der Waals surface area contributed by atoms with E-state index in [0.717, 1.165) is 53.7 Å². The number of halogens is 1. The third-order valence-corrected chi connectivity index (χ3v) is 8.89. The molecule has 7 rings (SSSR count). The Hall–Kier alpha value is -4.94. The van der Waals surface area contributed by atoms with Crippen LogP contribution in [-0.4, -0.2) is 16.4 Å². The van der Waals surface area contributed by atoms with Crippen LogP contribution < -0.4 is 16.2 Å². The standard InChI is InChI=1S/C23H22N2O2.C16H14ClNO/c1-15-10-19(14-25(2)23(15)27)20-13-21-17(8-9-22(26)24-21)12-18(20)11-16-6-4-3-5-7-16;17-14-10-15-12(6-7-16(19)18-15)9-13(14)8-11-4-2-1-3-5-11/h3-7,10,12-14H,8-9,11H2,1-2H3,(H,24,26);1-5,9-10H,6-8H2,(H,18,19). The molecule has 46 heavy (non-hydrogen) atoms. The van der Waals surface area contributed by atoms with Crippen LogP contribution in [0.15, 0.2) is 102 Å². The van der Waals surface area contributed by atoms with Gasteiger partial charge in [0, 0.05) is 48.0 Å². The normalized spacial score (nSPS) is 13.5. The molecule has 0 unspecified atom stereocenters. The third-order valence-electron chi connectivity index (χ3n) is 8.54.